The molecule has 0 saturated heterocycles. The Labute approximate surface area is 146 Å². The summed E-state index contributed by atoms with van der Waals surface area (Å²) in [6.07, 6.45) is -0.506. The number of sulfonamides is 1. The van der Waals surface area contributed by atoms with Crippen LogP contribution in [0.25, 0.3) is 0 Å². The largest absolute Gasteiger partial charge is 0.546 e. The monoisotopic (exact) mass is 364 g/mol. The molecule has 0 heterocycles. The fraction of sp³-hybridized carbons (Fsp3) is 0.235. The molecular formula is C17H18NO6S-. The van der Waals surface area contributed by atoms with Crippen molar-refractivity contribution in [1.82, 2.24) is 4.72 Å². The van der Waals surface area contributed by atoms with Crippen molar-refractivity contribution in [2.75, 3.05) is 20.3 Å². The summed E-state index contributed by atoms with van der Waals surface area (Å²) in [5.74, 6) is -0.943. The van der Waals surface area contributed by atoms with Gasteiger partial charge in [-0.1, -0.05) is 30.3 Å². The molecule has 2 rings (SSSR count). The third kappa shape index (κ3) is 5.56. The molecule has 0 aromatic heterocycles. The zero-order chi connectivity index (χ0) is 18.3. The Hall–Kier alpha value is -2.42. The van der Waals surface area contributed by atoms with Gasteiger partial charge in [0.1, 0.15) is 12.4 Å². The first-order valence-corrected chi connectivity index (χ1v) is 8.91. The van der Waals surface area contributed by atoms with Gasteiger partial charge in [-0.25, -0.2) is 13.1 Å². The number of aliphatic carboxylic acids is 1. The van der Waals surface area contributed by atoms with Gasteiger partial charge in [-0.3, -0.25) is 0 Å². The lowest BCUT2D eigenvalue weighted by molar-refractivity contribution is -0.307. The molecule has 0 radical (unpaired) electrons. The summed E-state index contributed by atoms with van der Waals surface area (Å²) in [5, 5.41) is 10.4. The van der Waals surface area contributed by atoms with E-state index in [4.69, 9.17) is 9.47 Å². The molecule has 0 saturated carbocycles. The Kier molecular flexibility index (Phi) is 6.51. The molecule has 0 aliphatic heterocycles. The summed E-state index contributed by atoms with van der Waals surface area (Å²) >= 11 is 0. The van der Waals surface area contributed by atoms with Gasteiger partial charge in [0, 0.05) is 13.7 Å². The number of hydrogen-bond donors (Lipinski definition) is 1. The lowest BCUT2D eigenvalue weighted by Gasteiger charge is -2.17. The molecule has 1 unspecified atom stereocenters. The van der Waals surface area contributed by atoms with Crippen LogP contribution in [0.2, 0.25) is 0 Å². The zero-order valence-corrected chi connectivity index (χ0v) is 14.4. The predicted molar refractivity (Wildman–Crippen MR) is 88.3 cm³/mol. The fourth-order valence-electron chi connectivity index (χ4n) is 2.13. The summed E-state index contributed by atoms with van der Waals surface area (Å²) < 4.78 is 37.3. The Morgan fingerprint density at radius 1 is 1.12 bits per heavy atom. The molecule has 25 heavy (non-hydrogen) atoms. The van der Waals surface area contributed by atoms with E-state index < -0.39 is 28.7 Å². The number of carboxylic acid groups (broad SMARTS) is 1. The van der Waals surface area contributed by atoms with Crippen molar-refractivity contribution in [2.24, 2.45) is 0 Å². The number of benzene rings is 2. The van der Waals surface area contributed by atoms with E-state index in [-0.39, 0.29) is 11.4 Å². The first kappa shape index (κ1) is 18.9. The van der Waals surface area contributed by atoms with E-state index in [0.717, 1.165) is 5.56 Å². The third-order valence-corrected chi connectivity index (χ3v) is 4.84. The minimum atomic E-state index is -3.63. The van der Waals surface area contributed by atoms with Crippen molar-refractivity contribution >= 4 is 16.0 Å². The Morgan fingerprint density at radius 2 is 1.76 bits per heavy atom. The lowest BCUT2D eigenvalue weighted by atomic mass is 10.1. The van der Waals surface area contributed by atoms with E-state index in [2.05, 4.69) is 4.72 Å². The molecule has 8 heteroatoms. The number of carbonyl (C=O) groups excluding carboxylic acids is 1. The number of ether oxygens (including phenoxy) is 2. The van der Waals surface area contributed by atoms with Crippen molar-refractivity contribution in [3.8, 4) is 5.75 Å². The number of carbonyl (C=O) groups is 1. The molecule has 134 valence electrons. The van der Waals surface area contributed by atoms with Gasteiger partial charge in [-0.2, -0.15) is 0 Å². The van der Waals surface area contributed by atoms with Crippen LogP contribution in [-0.4, -0.2) is 34.6 Å². The average Bonchev–Trinajstić information content (AvgIpc) is 2.62. The highest BCUT2D eigenvalue weighted by Gasteiger charge is 2.17. The molecule has 0 aliphatic rings. The number of rotatable bonds is 9. The fourth-order valence-corrected chi connectivity index (χ4v) is 3.18. The van der Waals surface area contributed by atoms with E-state index >= 15 is 0 Å². The topological polar surface area (TPSA) is 105 Å². The average molecular weight is 364 g/mol. The molecular weight excluding hydrogens is 346 g/mol. The molecule has 0 spiro atoms. The van der Waals surface area contributed by atoms with Crippen molar-refractivity contribution in [1.29, 1.82) is 0 Å². The van der Waals surface area contributed by atoms with Crippen LogP contribution in [0.5, 0.6) is 5.75 Å². The predicted octanol–water partition coefficient (Wildman–Crippen LogP) is 0.481. The molecule has 1 N–H and O–H groups in total. The standard InChI is InChI=1S/C17H19NO6S/c1-23-16(11-18-25(21,22)15-5-3-2-4-6-15)13-7-9-14(10-8-13)24-12-17(19)20/h2-10,16,18H,11-12H2,1H3,(H,19,20)/p-1. The summed E-state index contributed by atoms with van der Waals surface area (Å²) in [4.78, 5) is 10.5. The van der Waals surface area contributed by atoms with Crippen LogP contribution in [0.15, 0.2) is 59.5 Å². The number of nitrogens with one attached hydrogen (secondary N) is 1. The van der Waals surface area contributed by atoms with Crippen LogP contribution < -0.4 is 14.6 Å². The normalized spacial score (nSPS) is 12.5. The smallest absolute Gasteiger partial charge is 0.240 e. The van der Waals surface area contributed by atoms with Crippen LogP contribution in [0.4, 0.5) is 0 Å². The van der Waals surface area contributed by atoms with Gasteiger partial charge in [0.2, 0.25) is 10.0 Å². The second kappa shape index (κ2) is 8.61. The second-order valence-electron chi connectivity index (χ2n) is 5.12. The van der Waals surface area contributed by atoms with Gasteiger partial charge in [-0.05, 0) is 29.8 Å². The van der Waals surface area contributed by atoms with Crippen LogP contribution >= 0.6 is 0 Å². The number of carboxylic acids is 1. The lowest BCUT2D eigenvalue weighted by Crippen LogP contribution is -2.29. The third-order valence-electron chi connectivity index (χ3n) is 3.41. The van der Waals surface area contributed by atoms with Gasteiger partial charge in [-0.15, -0.1) is 0 Å². The molecule has 0 aliphatic carbocycles. The second-order valence-corrected chi connectivity index (χ2v) is 6.89. The SMILES string of the molecule is COC(CNS(=O)(=O)c1ccccc1)c1ccc(OCC(=O)[O-])cc1. The van der Waals surface area contributed by atoms with Crippen molar-refractivity contribution in [2.45, 2.75) is 11.0 Å². The maximum absolute atomic E-state index is 12.2. The first-order valence-electron chi connectivity index (χ1n) is 7.42. The number of methoxy groups -OCH3 is 1. The van der Waals surface area contributed by atoms with Crippen molar-refractivity contribution in [3.63, 3.8) is 0 Å². The highest BCUT2D eigenvalue weighted by atomic mass is 32.2. The zero-order valence-electron chi connectivity index (χ0n) is 13.5. The van der Waals surface area contributed by atoms with E-state index in [1.165, 1.54) is 19.2 Å². The van der Waals surface area contributed by atoms with Crippen LogP contribution in [0.3, 0.4) is 0 Å². The Balaban J connectivity index is 2.01. The summed E-state index contributed by atoms with van der Waals surface area (Å²) in [6, 6.07) is 14.6. The van der Waals surface area contributed by atoms with Gasteiger partial charge in [0.05, 0.1) is 17.0 Å². The molecule has 2 aromatic rings. The number of hydrogen-bond acceptors (Lipinski definition) is 6. The molecule has 7 nitrogen and oxygen atoms in total. The van der Waals surface area contributed by atoms with Gasteiger partial charge in [0.15, 0.2) is 0 Å². The van der Waals surface area contributed by atoms with Crippen LogP contribution in [0.1, 0.15) is 11.7 Å². The quantitative estimate of drug-likeness (QED) is 0.694. The molecule has 2 aromatic carbocycles. The van der Waals surface area contributed by atoms with Crippen molar-refractivity contribution in [3.05, 3.63) is 60.2 Å². The molecule has 0 bridgehead atoms. The van der Waals surface area contributed by atoms with E-state index in [1.807, 2.05) is 0 Å². The van der Waals surface area contributed by atoms with Crippen LogP contribution in [-0.2, 0) is 19.6 Å². The molecule has 0 fully saturated rings. The van der Waals surface area contributed by atoms with E-state index in [9.17, 15) is 18.3 Å². The molecule has 1 atom stereocenters. The van der Waals surface area contributed by atoms with E-state index in [1.54, 1.807) is 42.5 Å². The van der Waals surface area contributed by atoms with Gasteiger partial charge >= 0.3 is 0 Å². The first-order chi connectivity index (χ1) is 11.9. The maximum Gasteiger partial charge on any atom is 0.240 e. The Bertz CT molecular complexity index is 790. The minimum Gasteiger partial charge on any atom is -0.546 e. The van der Waals surface area contributed by atoms with Gasteiger partial charge < -0.3 is 19.4 Å². The summed E-state index contributed by atoms with van der Waals surface area (Å²) in [6.45, 7) is -0.489. The minimum absolute atomic E-state index is 0.0486. The Morgan fingerprint density at radius 3 is 2.32 bits per heavy atom. The van der Waals surface area contributed by atoms with Gasteiger partial charge in [0.25, 0.3) is 0 Å². The summed E-state index contributed by atoms with van der Waals surface area (Å²) in [5.41, 5.74) is 0.721. The maximum atomic E-state index is 12.2. The molecule has 0 amide bonds. The van der Waals surface area contributed by atoms with E-state index in [0.29, 0.717) is 5.75 Å². The van der Waals surface area contributed by atoms with Crippen molar-refractivity contribution < 1.29 is 27.8 Å². The summed E-state index contributed by atoms with van der Waals surface area (Å²) in [7, 11) is -2.15. The van der Waals surface area contributed by atoms with Crippen LogP contribution in [0, 0.1) is 0 Å². The highest BCUT2D eigenvalue weighted by molar-refractivity contribution is 7.89. The highest BCUT2D eigenvalue weighted by Crippen LogP contribution is 2.20.